The molecule has 186 valence electrons. The average molecular weight is 476 g/mol. The number of hydrogen-bond donors (Lipinski definition) is 2. The highest BCUT2D eigenvalue weighted by Crippen LogP contribution is 2.65. The van der Waals surface area contributed by atoms with Gasteiger partial charge < -0.3 is 11.5 Å². The fourth-order valence-corrected chi connectivity index (χ4v) is 9.69. The summed E-state index contributed by atoms with van der Waals surface area (Å²) in [6.45, 7) is 9.91. The van der Waals surface area contributed by atoms with Gasteiger partial charge in [-0.1, -0.05) is 45.0 Å². The van der Waals surface area contributed by atoms with Crippen LogP contribution in [-0.2, 0) is 21.9 Å². The Balaban J connectivity index is 0.000000471. The Morgan fingerprint density at radius 2 is 1.76 bits per heavy atom. The molecule has 2 bridgehead atoms. The maximum absolute atomic E-state index is 13.5. The molecule has 1 aliphatic heterocycles. The summed E-state index contributed by atoms with van der Waals surface area (Å²) in [4.78, 5) is 0. The van der Waals surface area contributed by atoms with Gasteiger partial charge in [0.2, 0.25) is 10.0 Å². The predicted octanol–water partition coefficient (Wildman–Crippen LogP) is 4.19. The SMILES string of the molecule is CC1(C)C2CCC1(CS(=O)(=O)N1CCC3(CCc4ccccc43)CC1)C(N)C2.CCC(C)N. The molecule has 33 heavy (non-hydrogen) atoms. The summed E-state index contributed by atoms with van der Waals surface area (Å²) in [6, 6.07) is 9.17. The minimum absolute atomic E-state index is 0.0221. The van der Waals surface area contributed by atoms with Crippen LogP contribution in [0.4, 0.5) is 0 Å². The van der Waals surface area contributed by atoms with Gasteiger partial charge in [0.05, 0.1) is 5.75 Å². The van der Waals surface area contributed by atoms with Crippen molar-refractivity contribution in [1.29, 1.82) is 0 Å². The monoisotopic (exact) mass is 475 g/mol. The first kappa shape index (κ1) is 25.2. The second kappa shape index (κ2) is 8.92. The van der Waals surface area contributed by atoms with Crippen molar-refractivity contribution in [3.8, 4) is 0 Å². The van der Waals surface area contributed by atoms with Crippen LogP contribution >= 0.6 is 0 Å². The molecular formula is C27H45N3O2S. The van der Waals surface area contributed by atoms with E-state index in [2.05, 4.69) is 45.0 Å². The van der Waals surface area contributed by atoms with Gasteiger partial charge in [0.15, 0.2) is 0 Å². The zero-order valence-corrected chi connectivity index (χ0v) is 22.0. The van der Waals surface area contributed by atoms with Crippen molar-refractivity contribution in [3.63, 3.8) is 0 Å². The van der Waals surface area contributed by atoms with E-state index in [1.54, 1.807) is 4.31 Å². The smallest absolute Gasteiger partial charge is 0.214 e. The van der Waals surface area contributed by atoms with E-state index in [4.69, 9.17) is 11.5 Å². The molecular weight excluding hydrogens is 430 g/mol. The summed E-state index contributed by atoms with van der Waals surface area (Å²) in [5.74, 6) is 0.825. The maximum atomic E-state index is 13.5. The molecule has 4 atom stereocenters. The van der Waals surface area contributed by atoms with E-state index in [1.807, 2.05) is 6.92 Å². The fraction of sp³-hybridized carbons (Fsp3) is 0.778. The van der Waals surface area contributed by atoms with Gasteiger partial charge in [-0.05, 0) is 86.2 Å². The largest absolute Gasteiger partial charge is 0.328 e. The van der Waals surface area contributed by atoms with E-state index in [-0.39, 0.29) is 28.0 Å². The molecule has 1 saturated heterocycles. The van der Waals surface area contributed by atoms with Gasteiger partial charge in [0.1, 0.15) is 0 Å². The van der Waals surface area contributed by atoms with Crippen LogP contribution in [-0.4, -0.2) is 43.6 Å². The molecule has 1 heterocycles. The Bertz CT molecular complexity index is 950. The third kappa shape index (κ3) is 4.19. The third-order valence-electron chi connectivity index (χ3n) is 10.1. The molecule has 1 aromatic carbocycles. The van der Waals surface area contributed by atoms with Crippen molar-refractivity contribution in [2.24, 2.45) is 28.2 Å². The van der Waals surface area contributed by atoms with Crippen molar-refractivity contribution in [2.45, 2.75) is 96.6 Å². The number of nitrogens with zero attached hydrogens (tertiary/aromatic N) is 1. The lowest BCUT2D eigenvalue weighted by Gasteiger charge is -2.44. The van der Waals surface area contributed by atoms with Crippen molar-refractivity contribution < 1.29 is 8.42 Å². The molecule has 1 spiro atoms. The van der Waals surface area contributed by atoms with Crippen LogP contribution in [0.15, 0.2) is 24.3 Å². The number of rotatable bonds is 4. The lowest BCUT2D eigenvalue weighted by Crippen LogP contribution is -2.53. The van der Waals surface area contributed by atoms with Gasteiger partial charge in [0.25, 0.3) is 0 Å². The summed E-state index contributed by atoms with van der Waals surface area (Å²) in [7, 11) is -3.28. The second-order valence-electron chi connectivity index (χ2n) is 11.9. The number of aryl methyl sites for hydroxylation is 1. The number of hydrogen-bond acceptors (Lipinski definition) is 4. The van der Waals surface area contributed by atoms with Gasteiger partial charge in [-0.15, -0.1) is 0 Å². The van der Waals surface area contributed by atoms with E-state index in [9.17, 15) is 8.42 Å². The Morgan fingerprint density at radius 1 is 1.12 bits per heavy atom. The minimum Gasteiger partial charge on any atom is -0.328 e. The molecule has 0 aromatic heterocycles. The molecule has 0 radical (unpaired) electrons. The highest BCUT2D eigenvalue weighted by molar-refractivity contribution is 7.89. The lowest BCUT2D eigenvalue weighted by molar-refractivity contribution is 0.136. The molecule has 0 amide bonds. The van der Waals surface area contributed by atoms with Crippen molar-refractivity contribution >= 4 is 10.0 Å². The normalized spacial score (nSPS) is 32.9. The molecule has 3 aliphatic carbocycles. The van der Waals surface area contributed by atoms with Crippen LogP contribution in [0.5, 0.6) is 0 Å². The predicted molar refractivity (Wildman–Crippen MR) is 137 cm³/mol. The summed E-state index contributed by atoms with van der Waals surface area (Å²) >= 11 is 0. The second-order valence-corrected chi connectivity index (χ2v) is 13.9. The Kier molecular flexibility index (Phi) is 6.80. The molecule has 3 fully saturated rings. The summed E-state index contributed by atoms with van der Waals surface area (Å²) in [5, 5.41) is 0. The summed E-state index contributed by atoms with van der Waals surface area (Å²) < 4.78 is 28.7. The highest BCUT2D eigenvalue weighted by atomic mass is 32.2. The molecule has 5 rings (SSSR count). The quantitative estimate of drug-likeness (QED) is 0.683. The highest BCUT2D eigenvalue weighted by Gasteiger charge is 2.64. The van der Waals surface area contributed by atoms with Crippen LogP contribution in [0.25, 0.3) is 0 Å². The number of sulfonamides is 1. The number of piperidine rings is 1. The van der Waals surface area contributed by atoms with Gasteiger partial charge >= 0.3 is 0 Å². The average Bonchev–Trinajstić information content (AvgIpc) is 3.31. The van der Waals surface area contributed by atoms with Gasteiger partial charge in [-0.25, -0.2) is 12.7 Å². The summed E-state index contributed by atoms with van der Waals surface area (Å²) in [6.07, 6.45) is 8.39. The van der Waals surface area contributed by atoms with Crippen LogP contribution in [0.3, 0.4) is 0 Å². The van der Waals surface area contributed by atoms with E-state index >= 15 is 0 Å². The van der Waals surface area contributed by atoms with Crippen molar-refractivity contribution in [3.05, 3.63) is 35.4 Å². The molecule has 4 N–H and O–H groups in total. The first-order valence-corrected chi connectivity index (χ1v) is 14.7. The van der Waals surface area contributed by atoms with Gasteiger partial charge in [0, 0.05) is 30.6 Å². The Labute approximate surface area is 201 Å². The molecule has 4 aliphatic rings. The Morgan fingerprint density at radius 3 is 2.30 bits per heavy atom. The van der Waals surface area contributed by atoms with Gasteiger partial charge in [-0.3, -0.25) is 0 Å². The van der Waals surface area contributed by atoms with Crippen LogP contribution in [0.2, 0.25) is 0 Å². The topological polar surface area (TPSA) is 89.4 Å². The maximum Gasteiger partial charge on any atom is 0.214 e. The van der Waals surface area contributed by atoms with E-state index < -0.39 is 10.0 Å². The first-order chi connectivity index (χ1) is 15.5. The minimum atomic E-state index is -3.28. The lowest BCUT2D eigenvalue weighted by atomic mass is 9.69. The Hall–Kier alpha value is -0.950. The standard InChI is InChI=1S/C23H34N2O2S.C4H11N/c1-21(2)18-8-10-23(21,20(24)15-18)16-28(26,27)25-13-11-22(12-14-25)9-7-17-5-3-4-6-19(17)22;1-3-4(2)5/h3-6,18,20H,7-16,24H2,1-2H3;4H,3,5H2,1-2H3. The van der Waals surface area contributed by atoms with Crippen LogP contribution < -0.4 is 11.5 Å². The number of benzene rings is 1. The van der Waals surface area contributed by atoms with E-state index in [1.165, 1.54) is 17.5 Å². The van der Waals surface area contributed by atoms with Gasteiger partial charge in [-0.2, -0.15) is 0 Å². The summed E-state index contributed by atoms with van der Waals surface area (Å²) in [5.41, 5.74) is 14.7. The zero-order valence-electron chi connectivity index (χ0n) is 21.1. The molecule has 6 heteroatoms. The van der Waals surface area contributed by atoms with Crippen LogP contribution in [0.1, 0.15) is 83.8 Å². The first-order valence-electron chi connectivity index (χ1n) is 13.0. The number of fused-ring (bicyclic) bond motifs is 4. The molecule has 2 saturated carbocycles. The van der Waals surface area contributed by atoms with E-state index in [0.29, 0.717) is 25.0 Å². The third-order valence-corrected chi connectivity index (χ3v) is 12.1. The van der Waals surface area contributed by atoms with Crippen molar-refractivity contribution in [1.82, 2.24) is 4.31 Å². The molecule has 1 aromatic rings. The molecule has 5 nitrogen and oxygen atoms in total. The van der Waals surface area contributed by atoms with E-state index in [0.717, 1.165) is 44.9 Å². The van der Waals surface area contributed by atoms with Crippen LogP contribution in [0, 0.1) is 16.7 Å². The zero-order chi connectivity index (χ0) is 24.1. The molecule has 4 unspecified atom stereocenters. The number of nitrogens with two attached hydrogens (primary N) is 2. The van der Waals surface area contributed by atoms with Crippen molar-refractivity contribution in [2.75, 3.05) is 18.8 Å². The fourth-order valence-electron chi connectivity index (χ4n) is 7.39.